The third kappa shape index (κ3) is 3.73. The Labute approximate surface area is 133 Å². The Morgan fingerprint density at radius 2 is 1.95 bits per heavy atom. The number of carbonyl (C=O) groups excluding carboxylic acids is 1. The summed E-state index contributed by atoms with van der Waals surface area (Å²) in [7, 11) is 0. The lowest BCUT2D eigenvalue weighted by molar-refractivity contribution is -0.151. The topological polar surface area (TPSA) is 38.3 Å². The molecule has 22 heavy (non-hydrogen) atoms. The first-order valence-corrected chi connectivity index (χ1v) is 6.96. The van der Waals surface area contributed by atoms with Crippen molar-refractivity contribution in [2.75, 3.05) is 19.7 Å². The fourth-order valence-corrected chi connectivity index (χ4v) is 2.73. The smallest absolute Gasteiger partial charge is 0.416 e. The quantitative estimate of drug-likeness (QED) is 0.860. The van der Waals surface area contributed by atoms with Crippen LogP contribution in [0.25, 0.3) is 0 Å². The standard InChI is InChI=1S/C15H18F3NO2.ClH/c1-2-21-13(20)14(6-8-19-9-7-14)11-4-3-5-12(10-11)15(16,17)18;/h3-5,10,19H,2,6-9H2,1H3;1H. The number of benzene rings is 1. The van der Waals surface area contributed by atoms with Crippen LogP contribution in [0.2, 0.25) is 0 Å². The zero-order chi connectivity index (χ0) is 15.5. The molecule has 7 heteroatoms. The third-order valence-corrected chi connectivity index (χ3v) is 3.87. The average Bonchev–Trinajstić information content (AvgIpc) is 2.47. The van der Waals surface area contributed by atoms with Crippen LogP contribution in [0, 0.1) is 0 Å². The molecule has 1 aromatic rings. The van der Waals surface area contributed by atoms with E-state index in [0.29, 0.717) is 31.5 Å². The Balaban J connectivity index is 0.00000242. The van der Waals surface area contributed by atoms with Gasteiger partial charge in [0.2, 0.25) is 0 Å². The lowest BCUT2D eigenvalue weighted by Crippen LogP contribution is -2.46. The van der Waals surface area contributed by atoms with Crippen LogP contribution in [-0.2, 0) is 21.1 Å². The molecule has 0 amide bonds. The molecule has 3 nitrogen and oxygen atoms in total. The highest BCUT2D eigenvalue weighted by atomic mass is 35.5. The second kappa shape index (κ2) is 7.33. The van der Waals surface area contributed by atoms with Gasteiger partial charge in [-0.25, -0.2) is 0 Å². The first kappa shape index (κ1) is 18.8. The van der Waals surface area contributed by atoms with Gasteiger partial charge < -0.3 is 10.1 Å². The third-order valence-electron chi connectivity index (χ3n) is 3.87. The molecule has 1 aliphatic heterocycles. The van der Waals surface area contributed by atoms with Crippen molar-refractivity contribution >= 4 is 18.4 Å². The summed E-state index contributed by atoms with van der Waals surface area (Å²) in [6.07, 6.45) is -3.54. The first-order valence-electron chi connectivity index (χ1n) is 6.96. The van der Waals surface area contributed by atoms with E-state index in [-0.39, 0.29) is 19.0 Å². The molecule has 0 radical (unpaired) electrons. The molecule has 0 saturated carbocycles. The van der Waals surface area contributed by atoms with Crippen LogP contribution in [-0.4, -0.2) is 25.7 Å². The molecular weight excluding hydrogens is 319 g/mol. The Morgan fingerprint density at radius 3 is 2.50 bits per heavy atom. The van der Waals surface area contributed by atoms with Gasteiger partial charge in [-0.3, -0.25) is 4.79 Å². The lowest BCUT2D eigenvalue weighted by Gasteiger charge is -2.36. The Bertz CT molecular complexity index is 514. The van der Waals surface area contributed by atoms with E-state index in [4.69, 9.17) is 4.74 Å². The van der Waals surface area contributed by atoms with Gasteiger partial charge in [0.25, 0.3) is 0 Å². The minimum absolute atomic E-state index is 0. The van der Waals surface area contributed by atoms with Gasteiger partial charge in [-0.15, -0.1) is 12.4 Å². The monoisotopic (exact) mass is 337 g/mol. The number of hydrogen-bond acceptors (Lipinski definition) is 3. The van der Waals surface area contributed by atoms with E-state index in [1.165, 1.54) is 6.07 Å². The minimum atomic E-state index is -4.42. The summed E-state index contributed by atoms with van der Waals surface area (Å²) >= 11 is 0. The van der Waals surface area contributed by atoms with Crippen molar-refractivity contribution in [2.45, 2.75) is 31.4 Å². The maximum atomic E-state index is 12.9. The van der Waals surface area contributed by atoms with E-state index < -0.39 is 23.1 Å². The summed E-state index contributed by atoms with van der Waals surface area (Å²) < 4.78 is 43.8. The molecule has 1 saturated heterocycles. The summed E-state index contributed by atoms with van der Waals surface area (Å²) in [5.41, 5.74) is -1.33. The van der Waals surface area contributed by atoms with E-state index in [1.54, 1.807) is 13.0 Å². The van der Waals surface area contributed by atoms with Crippen LogP contribution < -0.4 is 5.32 Å². The molecule has 1 aliphatic rings. The van der Waals surface area contributed by atoms with Crippen molar-refractivity contribution in [1.82, 2.24) is 5.32 Å². The van der Waals surface area contributed by atoms with Crippen LogP contribution in [0.1, 0.15) is 30.9 Å². The number of rotatable bonds is 3. The molecule has 1 fully saturated rings. The first-order chi connectivity index (χ1) is 9.90. The van der Waals surface area contributed by atoms with E-state index >= 15 is 0 Å². The van der Waals surface area contributed by atoms with Crippen molar-refractivity contribution in [3.05, 3.63) is 35.4 Å². The zero-order valence-corrected chi connectivity index (χ0v) is 13.0. The second-order valence-electron chi connectivity index (χ2n) is 5.13. The Kier molecular flexibility index (Phi) is 6.26. The van der Waals surface area contributed by atoms with Gasteiger partial charge in [0.1, 0.15) is 0 Å². The summed E-state index contributed by atoms with van der Waals surface area (Å²) in [6, 6.07) is 5.02. The SMILES string of the molecule is CCOC(=O)C1(c2cccc(C(F)(F)F)c2)CCNCC1.Cl. The second-order valence-corrected chi connectivity index (χ2v) is 5.13. The molecule has 0 spiro atoms. The maximum absolute atomic E-state index is 12.9. The maximum Gasteiger partial charge on any atom is 0.416 e. The summed E-state index contributed by atoms with van der Waals surface area (Å²) in [4.78, 5) is 12.4. The Hall–Kier alpha value is -1.27. The zero-order valence-electron chi connectivity index (χ0n) is 12.2. The molecule has 0 aromatic heterocycles. The number of hydrogen-bond donors (Lipinski definition) is 1. The Morgan fingerprint density at radius 1 is 1.32 bits per heavy atom. The van der Waals surface area contributed by atoms with Gasteiger partial charge >= 0.3 is 12.1 Å². The molecular formula is C15H19ClF3NO2. The van der Waals surface area contributed by atoms with Gasteiger partial charge in [0.05, 0.1) is 17.6 Å². The number of halogens is 4. The van der Waals surface area contributed by atoms with Crippen molar-refractivity contribution in [3.8, 4) is 0 Å². The van der Waals surface area contributed by atoms with Crippen molar-refractivity contribution in [2.24, 2.45) is 0 Å². The van der Waals surface area contributed by atoms with Crippen molar-refractivity contribution < 1.29 is 22.7 Å². The van der Waals surface area contributed by atoms with Crippen molar-refractivity contribution in [3.63, 3.8) is 0 Å². The summed E-state index contributed by atoms with van der Waals surface area (Å²) in [5, 5.41) is 3.12. The van der Waals surface area contributed by atoms with Gasteiger partial charge in [-0.1, -0.05) is 18.2 Å². The van der Waals surface area contributed by atoms with Crippen LogP contribution in [0.3, 0.4) is 0 Å². The number of esters is 1. The molecule has 0 unspecified atom stereocenters. The number of carbonyl (C=O) groups is 1. The van der Waals surface area contributed by atoms with E-state index in [1.807, 2.05) is 0 Å². The van der Waals surface area contributed by atoms with Crippen LogP contribution in [0.4, 0.5) is 13.2 Å². The predicted molar refractivity (Wildman–Crippen MR) is 79.1 cm³/mol. The highest BCUT2D eigenvalue weighted by molar-refractivity contribution is 5.85. The highest BCUT2D eigenvalue weighted by Crippen LogP contribution is 2.38. The van der Waals surface area contributed by atoms with Crippen LogP contribution in [0.5, 0.6) is 0 Å². The van der Waals surface area contributed by atoms with Crippen LogP contribution >= 0.6 is 12.4 Å². The van der Waals surface area contributed by atoms with Crippen molar-refractivity contribution in [1.29, 1.82) is 0 Å². The van der Waals surface area contributed by atoms with Gasteiger partial charge in [0.15, 0.2) is 0 Å². The number of ether oxygens (including phenoxy) is 1. The lowest BCUT2D eigenvalue weighted by atomic mass is 9.73. The molecule has 0 aliphatic carbocycles. The van der Waals surface area contributed by atoms with E-state index in [2.05, 4.69) is 5.32 Å². The van der Waals surface area contributed by atoms with E-state index in [0.717, 1.165) is 12.1 Å². The summed E-state index contributed by atoms with van der Waals surface area (Å²) in [6.45, 7) is 3.07. The highest BCUT2D eigenvalue weighted by Gasteiger charge is 2.43. The number of alkyl halides is 3. The van der Waals surface area contributed by atoms with E-state index in [9.17, 15) is 18.0 Å². The summed E-state index contributed by atoms with van der Waals surface area (Å²) in [5.74, 6) is -0.439. The number of nitrogens with one attached hydrogen (secondary N) is 1. The molecule has 1 heterocycles. The fraction of sp³-hybridized carbons (Fsp3) is 0.533. The average molecular weight is 338 g/mol. The molecule has 1 N–H and O–H groups in total. The minimum Gasteiger partial charge on any atom is -0.465 e. The largest absolute Gasteiger partial charge is 0.465 e. The molecule has 1 aromatic carbocycles. The normalized spacial score (nSPS) is 17.5. The fourth-order valence-electron chi connectivity index (χ4n) is 2.73. The van der Waals surface area contributed by atoms with Gasteiger partial charge in [0, 0.05) is 0 Å². The molecule has 124 valence electrons. The van der Waals surface area contributed by atoms with Gasteiger partial charge in [-0.2, -0.15) is 13.2 Å². The molecule has 0 bridgehead atoms. The molecule has 2 rings (SSSR count). The predicted octanol–water partition coefficient (Wildman–Crippen LogP) is 3.31. The van der Waals surface area contributed by atoms with Crippen LogP contribution in [0.15, 0.2) is 24.3 Å². The number of piperidine rings is 1. The molecule has 0 atom stereocenters. The van der Waals surface area contributed by atoms with Gasteiger partial charge in [-0.05, 0) is 44.5 Å².